The molecule has 2 aromatic heterocycles. The molecule has 12 heavy (non-hydrogen) atoms. The monoisotopic (exact) mass is 162 g/mol. The number of nitrogens with zero attached hydrogens (tertiary/aromatic N) is 2. The maximum Gasteiger partial charge on any atom is 0.122 e. The fourth-order valence-corrected chi connectivity index (χ4v) is 1.21. The van der Waals surface area contributed by atoms with Gasteiger partial charge in [-0.2, -0.15) is 5.10 Å². The van der Waals surface area contributed by atoms with Crippen LogP contribution in [0, 0.1) is 6.92 Å². The van der Waals surface area contributed by atoms with E-state index in [1.165, 1.54) is 0 Å². The van der Waals surface area contributed by atoms with Crippen molar-refractivity contribution < 1.29 is 4.74 Å². The highest BCUT2D eigenvalue weighted by Gasteiger charge is 1.99. The van der Waals surface area contributed by atoms with E-state index in [0.29, 0.717) is 0 Å². The van der Waals surface area contributed by atoms with Crippen LogP contribution in [0.15, 0.2) is 24.5 Å². The molecule has 0 spiro atoms. The van der Waals surface area contributed by atoms with E-state index < -0.39 is 0 Å². The first-order chi connectivity index (χ1) is 5.81. The van der Waals surface area contributed by atoms with Crippen molar-refractivity contribution in [2.45, 2.75) is 6.92 Å². The average molecular weight is 162 g/mol. The zero-order chi connectivity index (χ0) is 8.55. The van der Waals surface area contributed by atoms with Crippen molar-refractivity contribution in [2.75, 3.05) is 7.11 Å². The van der Waals surface area contributed by atoms with Crippen molar-refractivity contribution in [3.05, 3.63) is 30.1 Å². The van der Waals surface area contributed by atoms with E-state index in [1.54, 1.807) is 7.11 Å². The van der Waals surface area contributed by atoms with Crippen molar-refractivity contribution in [3.63, 3.8) is 0 Å². The molecule has 0 aromatic carbocycles. The third-order valence-corrected chi connectivity index (χ3v) is 1.92. The van der Waals surface area contributed by atoms with Gasteiger partial charge in [-0.05, 0) is 18.6 Å². The number of aromatic nitrogens is 2. The second-order valence-corrected chi connectivity index (χ2v) is 2.72. The molecule has 2 aromatic rings. The molecule has 0 saturated carbocycles. The average Bonchev–Trinajstić information content (AvgIpc) is 2.47. The lowest BCUT2D eigenvalue weighted by atomic mass is 10.3. The van der Waals surface area contributed by atoms with Crippen LogP contribution in [0.5, 0.6) is 5.75 Å². The van der Waals surface area contributed by atoms with E-state index in [4.69, 9.17) is 4.74 Å². The highest BCUT2D eigenvalue weighted by Crippen LogP contribution is 2.16. The number of rotatable bonds is 1. The Balaban J connectivity index is 2.71. The Morgan fingerprint density at radius 1 is 1.50 bits per heavy atom. The maximum absolute atomic E-state index is 5.11. The first-order valence-electron chi connectivity index (χ1n) is 3.79. The van der Waals surface area contributed by atoms with E-state index in [9.17, 15) is 0 Å². The molecule has 0 amide bonds. The molecule has 0 N–H and O–H groups in total. The number of methoxy groups -OCH3 is 1. The van der Waals surface area contributed by atoms with Crippen LogP contribution >= 0.6 is 0 Å². The van der Waals surface area contributed by atoms with Crippen LogP contribution < -0.4 is 4.74 Å². The highest BCUT2D eigenvalue weighted by atomic mass is 16.5. The summed E-state index contributed by atoms with van der Waals surface area (Å²) in [7, 11) is 1.66. The fraction of sp³-hybridized carbons (Fsp3) is 0.222. The van der Waals surface area contributed by atoms with E-state index in [-0.39, 0.29) is 0 Å². The molecular formula is C9H10N2O. The van der Waals surface area contributed by atoms with E-state index >= 15 is 0 Å². The molecule has 2 heterocycles. The van der Waals surface area contributed by atoms with Gasteiger partial charge in [0.15, 0.2) is 0 Å². The van der Waals surface area contributed by atoms with Gasteiger partial charge in [0.25, 0.3) is 0 Å². The molecule has 62 valence electrons. The zero-order valence-corrected chi connectivity index (χ0v) is 7.11. The van der Waals surface area contributed by atoms with Gasteiger partial charge in [0.05, 0.1) is 18.8 Å². The van der Waals surface area contributed by atoms with Gasteiger partial charge in [0.2, 0.25) is 0 Å². The number of hydrogen-bond acceptors (Lipinski definition) is 2. The lowest BCUT2D eigenvalue weighted by molar-refractivity contribution is 0.414. The van der Waals surface area contributed by atoms with Crippen LogP contribution in [0.3, 0.4) is 0 Å². The largest absolute Gasteiger partial charge is 0.497 e. The minimum absolute atomic E-state index is 0.867. The van der Waals surface area contributed by atoms with E-state index in [2.05, 4.69) is 5.10 Å². The van der Waals surface area contributed by atoms with Crippen LogP contribution in [0.4, 0.5) is 0 Å². The Morgan fingerprint density at radius 3 is 3.08 bits per heavy atom. The Morgan fingerprint density at radius 2 is 2.33 bits per heavy atom. The predicted octanol–water partition coefficient (Wildman–Crippen LogP) is 1.65. The summed E-state index contributed by atoms with van der Waals surface area (Å²) in [5, 5.41) is 4.15. The number of hydrogen-bond donors (Lipinski definition) is 0. The smallest absolute Gasteiger partial charge is 0.122 e. The van der Waals surface area contributed by atoms with Gasteiger partial charge in [-0.1, -0.05) is 0 Å². The number of fused-ring (bicyclic) bond motifs is 1. The molecule has 0 atom stereocenters. The van der Waals surface area contributed by atoms with Gasteiger partial charge in [-0.15, -0.1) is 0 Å². The Kier molecular flexibility index (Phi) is 1.50. The van der Waals surface area contributed by atoms with Crippen molar-refractivity contribution in [2.24, 2.45) is 0 Å². The normalized spacial score (nSPS) is 10.5. The molecule has 0 aliphatic heterocycles. The lowest BCUT2D eigenvalue weighted by Gasteiger charge is -1.99. The van der Waals surface area contributed by atoms with Crippen LogP contribution in [0.25, 0.3) is 5.52 Å². The molecule has 0 saturated heterocycles. The van der Waals surface area contributed by atoms with Gasteiger partial charge in [-0.3, -0.25) is 0 Å². The van der Waals surface area contributed by atoms with Crippen LogP contribution in [0.2, 0.25) is 0 Å². The van der Waals surface area contributed by atoms with Gasteiger partial charge in [0.1, 0.15) is 5.75 Å². The minimum Gasteiger partial charge on any atom is -0.497 e. The zero-order valence-electron chi connectivity index (χ0n) is 7.11. The molecule has 0 aliphatic rings. The molecule has 3 heteroatoms. The maximum atomic E-state index is 5.11. The molecule has 0 fully saturated rings. The summed E-state index contributed by atoms with van der Waals surface area (Å²) in [6.07, 6.45) is 3.73. The van der Waals surface area contributed by atoms with Crippen LogP contribution in [0.1, 0.15) is 5.56 Å². The Labute approximate surface area is 70.6 Å². The summed E-state index contributed by atoms with van der Waals surface area (Å²) in [4.78, 5) is 0. The molecule has 2 rings (SSSR count). The SMILES string of the molecule is COc1ccn2ncc(C)c2c1. The summed E-state index contributed by atoms with van der Waals surface area (Å²) in [6.45, 7) is 2.03. The fourth-order valence-electron chi connectivity index (χ4n) is 1.21. The number of aryl methyl sites for hydroxylation is 1. The van der Waals surface area contributed by atoms with Crippen molar-refractivity contribution in [1.29, 1.82) is 0 Å². The molecular weight excluding hydrogens is 152 g/mol. The quantitative estimate of drug-likeness (QED) is 0.637. The third kappa shape index (κ3) is 0.942. The van der Waals surface area contributed by atoms with Gasteiger partial charge < -0.3 is 4.74 Å². The van der Waals surface area contributed by atoms with E-state index in [1.807, 2.05) is 36.0 Å². The number of ether oxygens (including phenoxy) is 1. The van der Waals surface area contributed by atoms with Gasteiger partial charge >= 0.3 is 0 Å². The van der Waals surface area contributed by atoms with E-state index in [0.717, 1.165) is 16.8 Å². The predicted molar refractivity (Wildman–Crippen MR) is 46.5 cm³/mol. The Hall–Kier alpha value is -1.51. The second-order valence-electron chi connectivity index (χ2n) is 2.72. The summed E-state index contributed by atoms with van der Waals surface area (Å²) in [5.74, 6) is 0.867. The van der Waals surface area contributed by atoms with Crippen molar-refractivity contribution >= 4 is 5.52 Å². The van der Waals surface area contributed by atoms with Gasteiger partial charge in [0, 0.05) is 12.3 Å². The third-order valence-electron chi connectivity index (χ3n) is 1.92. The summed E-state index contributed by atoms with van der Waals surface area (Å²) in [5.41, 5.74) is 2.25. The standard InChI is InChI=1S/C9H10N2O/c1-7-6-10-11-4-3-8(12-2)5-9(7)11/h3-6H,1-2H3. The van der Waals surface area contributed by atoms with Crippen molar-refractivity contribution in [1.82, 2.24) is 9.61 Å². The minimum atomic E-state index is 0.867. The van der Waals surface area contributed by atoms with Gasteiger partial charge in [-0.25, -0.2) is 4.52 Å². The molecule has 0 bridgehead atoms. The second kappa shape index (κ2) is 2.52. The summed E-state index contributed by atoms with van der Waals surface area (Å²) in [6, 6.07) is 3.86. The van der Waals surface area contributed by atoms with Crippen LogP contribution in [-0.2, 0) is 0 Å². The highest BCUT2D eigenvalue weighted by molar-refractivity contribution is 5.55. The van der Waals surface area contributed by atoms with Crippen LogP contribution in [-0.4, -0.2) is 16.7 Å². The summed E-state index contributed by atoms with van der Waals surface area (Å²) < 4.78 is 6.94. The van der Waals surface area contributed by atoms with Crippen molar-refractivity contribution in [3.8, 4) is 5.75 Å². The molecule has 3 nitrogen and oxygen atoms in total. The molecule has 0 aliphatic carbocycles. The molecule has 0 radical (unpaired) electrons. The topological polar surface area (TPSA) is 26.5 Å². The molecule has 0 unspecified atom stereocenters. The first-order valence-corrected chi connectivity index (χ1v) is 3.79. The first kappa shape index (κ1) is 7.16. The Bertz CT molecular complexity index is 406. The summed E-state index contributed by atoms with van der Waals surface area (Å²) >= 11 is 0. The number of pyridine rings is 1. The lowest BCUT2D eigenvalue weighted by Crippen LogP contribution is -1.88.